The lowest BCUT2D eigenvalue weighted by Crippen LogP contribution is -2.44. The number of likely N-dealkylation sites (tertiary alicyclic amines) is 1. The third kappa shape index (κ3) is 5.48. The van der Waals surface area contributed by atoms with Crippen molar-refractivity contribution in [2.45, 2.75) is 63.2 Å². The van der Waals surface area contributed by atoms with Gasteiger partial charge in [-0.25, -0.2) is 26.9 Å². The molecule has 0 bridgehead atoms. The molecule has 1 aliphatic heterocycles. The number of carbonyl (C=O) groups excluding carboxylic acids is 2. The first-order valence-electron chi connectivity index (χ1n) is 13.0. The summed E-state index contributed by atoms with van der Waals surface area (Å²) in [5, 5.41) is 5.14. The zero-order valence-electron chi connectivity index (χ0n) is 21.7. The molecule has 0 spiro atoms. The van der Waals surface area contributed by atoms with Gasteiger partial charge in [-0.15, -0.1) is 11.3 Å². The molecule has 0 radical (unpaired) electrons. The molecule has 5 rings (SSSR count). The summed E-state index contributed by atoms with van der Waals surface area (Å²) in [6.07, 6.45) is -3.59. The highest BCUT2D eigenvalue weighted by Crippen LogP contribution is 2.40. The third-order valence-electron chi connectivity index (χ3n) is 7.70. The molecule has 0 saturated carbocycles. The summed E-state index contributed by atoms with van der Waals surface area (Å²) >= 11 is 1.05. The number of carbonyl (C=O) groups is 2. The lowest BCUT2D eigenvalue weighted by atomic mass is 9.87. The minimum absolute atomic E-state index is 0.0239. The van der Waals surface area contributed by atoms with Crippen LogP contribution in [-0.2, 0) is 23.4 Å². The molecule has 40 heavy (non-hydrogen) atoms. The van der Waals surface area contributed by atoms with E-state index in [2.05, 4.69) is 16.1 Å². The lowest BCUT2D eigenvalue weighted by molar-refractivity contribution is -0.135. The molecule has 1 aromatic carbocycles. The second-order valence-electron chi connectivity index (χ2n) is 10.2. The van der Waals surface area contributed by atoms with Crippen LogP contribution in [0.15, 0.2) is 35.7 Å². The maximum absolute atomic E-state index is 15.9. The topological polar surface area (TPSA) is 71.3 Å². The Bertz CT molecular complexity index is 1390. The Balaban J connectivity index is 1.22. The summed E-state index contributed by atoms with van der Waals surface area (Å²) in [5.41, 5.74) is -0.985. The number of hydrogen-bond acceptors (Lipinski definition) is 5. The fourth-order valence-corrected chi connectivity index (χ4v) is 6.39. The number of aryl methyl sites for hydroxylation is 1. The van der Waals surface area contributed by atoms with Crippen LogP contribution in [0.4, 0.5) is 22.0 Å². The van der Waals surface area contributed by atoms with Crippen molar-refractivity contribution < 1.29 is 31.5 Å². The quantitative estimate of drug-likeness (QED) is 0.328. The van der Waals surface area contributed by atoms with Crippen LogP contribution >= 0.6 is 11.3 Å². The van der Waals surface area contributed by atoms with Gasteiger partial charge in [0.25, 0.3) is 18.8 Å². The predicted molar refractivity (Wildman–Crippen MR) is 137 cm³/mol. The number of nitrogens with zero attached hydrogens (tertiary/aromatic N) is 5. The summed E-state index contributed by atoms with van der Waals surface area (Å²) in [6, 6.07) is 8.52. The van der Waals surface area contributed by atoms with Crippen molar-refractivity contribution in [1.29, 1.82) is 0 Å². The average Bonchev–Trinajstić information content (AvgIpc) is 3.61. The minimum Gasteiger partial charge on any atom is -0.341 e. The van der Waals surface area contributed by atoms with Crippen LogP contribution < -0.4 is 0 Å². The molecule has 1 saturated heterocycles. The number of hydrogen-bond donors (Lipinski definition) is 0. The van der Waals surface area contributed by atoms with Crippen LogP contribution in [0, 0.1) is 0 Å². The molecule has 1 aliphatic carbocycles. The van der Waals surface area contributed by atoms with Crippen LogP contribution in [0.5, 0.6) is 0 Å². The molecule has 1 atom stereocenters. The Morgan fingerprint density at radius 1 is 1.15 bits per heavy atom. The molecular formula is C27H28F5N5O2S. The Labute approximate surface area is 231 Å². The van der Waals surface area contributed by atoms with Gasteiger partial charge in [0.15, 0.2) is 5.67 Å². The first-order chi connectivity index (χ1) is 19.1. The highest BCUT2D eigenvalue weighted by molar-refractivity contribution is 7.10. The van der Waals surface area contributed by atoms with Crippen molar-refractivity contribution in [1.82, 2.24) is 24.6 Å². The van der Waals surface area contributed by atoms with Gasteiger partial charge < -0.3 is 9.80 Å². The number of fused-ring (bicyclic) bond motifs is 1. The van der Waals surface area contributed by atoms with Gasteiger partial charge in [0, 0.05) is 38.4 Å². The molecule has 0 N–H and O–H groups in total. The molecule has 3 heterocycles. The molecule has 1 unspecified atom stereocenters. The molecule has 13 heteroatoms. The van der Waals surface area contributed by atoms with E-state index in [1.165, 1.54) is 10.5 Å². The summed E-state index contributed by atoms with van der Waals surface area (Å²) in [7, 11) is 1.73. The van der Waals surface area contributed by atoms with Crippen molar-refractivity contribution in [3.63, 3.8) is 0 Å². The van der Waals surface area contributed by atoms with Crippen molar-refractivity contribution in [3.05, 3.63) is 68.9 Å². The van der Waals surface area contributed by atoms with Crippen LogP contribution in [-0.4, -0.2) is 56.5 Å². The number of alkyl halides is 5. The van der Waals surface area contributed by atoms with Crippen molar-refractivity contribution in [2.75, 3.05) is 20.1 Å². The summed E-state index contributed by atoms with van der Waals surface area (Å²) in [6.45, 7) is -0.702. The number of amides is 2. The standard InChI is InChI=1S/C27H28F5N5O2S/c1-35(20-8-4-6-16-5-2-3-7-17(16)20)25(39)19-15-40-26(33-19)27(32)9-11-36(12-10-27)22(38)14-37-21(24(30)31)13-18(34-37)23(28)29/h2-3,5,7,13,15,20,23-24H,4,6,8-12,14H2,1H3. The van der Waals surface area contributed by atoms with Crippen LogP contribution in [0.2, 0.25) is 0 Å². The molecule has 1 fully saturated rings. The van der Waals surface area contributed by atoms with Crippen LogP contribution in [0.25, 0.3) is 0 Å². The van der Waals surface area contributed by atoms with Gasteiger partial charge in [-0.1, -0.05) is 24.3 Å². The first-order valence-corrected chi connectivity index (χ1v) is 13.9. The molecule has 2 aliphatic rings. The minimum atomic E-state index is -3.08. The van der Waals surface area contributed by atoms with E-state index in [1.807, 2.05) is 18.2 Å². The Morgan fingerprint density at radius 2 is 1.88 bits per heavy atom. The van der Waals surface area contributed by atoms with Gasteiger partial charge in [-0.3, -0.25) is 14.3 Å². The van der Waals surface area contributed by atoms with E-state index in [1.54, 1.807) is 17.3 Å². The van der Waals surface area contributed by atoms with E-state index in [9.17, 15) is 27.2 Å². The van der Waals surface area contributed by atoms with E-state index in [4.69, 9.17) is 0 Å². The SMILES string of the molecule is CN(C(=O)c1csc(C2(F)CCN(C(=O)Cn3nc(C(F)F)cc3C(F)F)CC2)n1)C1CCCc2ccccc21. The Morgan fingerprint density at radius 3 is 2.58 bits per heavy atom. The predicted octanol–water partition coefficient (Wildman–Crippen LogP) is 5.85. The number of benzene rings is 1. The zero-order valence-corrected chi connectivity index (χ0v) is 22.5. The summed E-state index contributed by atoms with van der Waals surface area (Å²) < 4.78 is 68.9. The Hall–Kier alpha value is -3.35. The molecule has 7 nitrogen and oxygen atoms in total. The number of rotatable bonds is 7. The molecule has 214 valence electrons. The summed E-state index contributed by atoms with van der Waals surface area (Å²) in [4.78, 5) is 33.3. The molecule has 3 aromatic rings. The number of thiazole rings is 1. The zero-order chi connectivity index (χ0) is 28.6. The van der Waals surface area contributed by atoms with Crippen molar-refractivity contribution >= 4 is 23.2 Å². The van der Waals surface area contributed by atoms with Crippen LogP contribution in [0.1, 0.15) is 82.6 Å². The van der Waals surface area contributed by atoms with Crippen LogP contribution in [0.3, 0.4) is 0 Å². The third-order valence-corrected chi connectivity index (χ3v) is 8.72. The van der Waals surface area contributed by atoms with E-state index in [0.717, 1.165) is 36.2 Å². The highest BCUT2D eigenvalue weighted by atomic mass is 32.1. The van der Waals surface area contributed by atoms with E-state index >= 15 is 4.39 Å². The van der Waals surface area contributed by atoms with Crippen molar-refractivity contribution in [2.24, 2.45) is 0 Å². The Kier molecular flexibility index (Phi) is 7.94. The highest BCUT2D eigenvalue weighted by Gasteiger charge is 2.41. The number of piperidine rings is 1. The van der Waals surface area contributed by atoms with Gasteiger partial charge >= 0.3 is 0 Å². The normalized spacial score (nSPS) is 18.7. The monoisotopic (exact) mass is 581 g/mol. The maximum Gasteiger partial charge on any atom is 0.282 e. The van der Waals surface area contributed by atoms with Gasteiger partial charge in [0.2, 0.25) is 5.91 Å². The lowest BCUT2D eigenvalue weighted by Gasteiger charge is -2.35. The van der Waals surface area contributed by atoms with E-state index < -0.39 is 42.4 Å². The number of halogens is 5. The first kappa shape index (κ1) is 28.2. The second kappa shape index (κ2) is 11.3. The van der Waals surface area contributed by atoms with Gasteiger partial charge in [-0.05, 0) is 36.5 Å². The molecular weight excluding hydrogens is 553 g/mol. The average molecular weight is 582 g/mol. The van der Waals surface area contributed by atoms with Gasteiger partial charge in [-0.2, -0.15) is 5.10 Å². The van der Waals surface area contributed by atoms with E-state index in [0.29, 0.717) is 10.7 Å². The fourth-order valence-electron chi connectivity index (χ4n) is 5.44. The maximum atomic E-state index is 15.9. The largest absolute Gasteiger partial charge is 0.341 e. The van der Waals surface area contributed by atoms with Gasteiger partial charge in [0.1, 0.15) is 28.6 Å². The number of aromatic nitrogens is 3. The summed E-state index contributed by atoms with van der Waals surface area (Å²) in [5.74, 6) is -0.921. The molecule has 2 aromatic heterocycles. The van der Waals surface area contributed by atoms with Gasteiger partial charge in [0.05, 0.1) is 6.04 Å². The smallest absolute Gasteiger partial charge is 0.282 e. The second-order valence-corrected chi connectivity index (χ2v) is 11.0. The van der Waals surface area contributed by atoms with E-state index in [-0.39, 0.29) is 48.6 Å². The molecule has 2 amide bonds. The van der Waals surface area contributed by atoms with Crippen molar-refractivity contribution in [3.8, 4) is 0 Å². The fraction of sp³-hybridized carbons (Fsp3) is 0.481.